The van der Waals surface area contributed by atoms with Crippen molar-refractivity contribution in [3.63, 3.8) is 0 Å². The number of carbonyl (C=O) groups is 1. The normalized spacial score (nSPS) is 38.6. The van der Waals surface area contributed by atoms with Crippen molar-refractivity contribution in [2.45, 2.75) is 28.5 Å². The van der Waals surface area contributed by atoms with Gasteiger partial charge in [-0.1, -0.05) is 22.6 Å². The van der Waals surface area contributed by atoms with E-state index in [1.54, 1.807) is 22.6 Å². The van der Waals surface area contributed by atoms with E-state index in [0.717, 1.165) is 0 Å². The van der Waals surface area contributed by atoms with E-state index < -0.39 is 33.9 Å². The Morgan fingerprint density at radius 1 is 1.43 bits per heavy atom. The van der Waals surface area contributed by atoms with E-state index in [0.29, 0.717) is 0 Å². The van der Waals surface area contributed by atoms with Gasteiger partial charge in [-0.25, -0.2) is 4.79 Å². The Morgan fingerprint density at radius 2 is 1.93 bits per heavy atom. The smallest absolute Gasteiger partial charge is 0.375 e. The van der Waals surface area contributed by atoms with Crippen LogP contribution < -0.4 is 0 Å². The minimum atomic E-state index is -4.08. The third kappa shape index (κ3) is 1.84. The minimum Gasteiger partial charge on any atom is -0.477 e. The van der Waals surface area contributed by atoms with Gasteiger partial charge in [0, 0.05) is 3.92 Å². The average molecular weight is 322 g/mol. The second kappa shape index (κ2) is 3.86. The maximum absolute atomic E-state index is 13.0. The molecule has 0 aliphatic heterocycles. The van der Waals surface area contributed by atoms with Gasteiger partial charge < -0.3 is 15.3 Å². The maximum Gasteiger partial charge on any atom is 0.375 e. The van der Waals surface area contributed by atoms with Crippen LogP contribution >= 0.6 is 22.6 Å². The quantitative estimate of drug-likeness (QED) is 0.503. The lowest BCUT2D eigenvalue weighted by molar-refractivity contribution is -0.185. The summed E-state index contributed by atoms with van der Waals surface area (Å²) in [6, 6.07) is 0. The fourth-order valence-corrected chi connectivity index (χ4v) is 2.54. The molecule has 82 valence electrons. The molecule has 0 bridgehead atoms. The number of halogens is 3. The zero-order valence-electron chi connectivity index (χ0n) is 6.90. The number of aliphatic carboxylic acids is 1. The van der Waals surface area contributed by atoms with Crippen molar-refractivity contribution in [2.24, 2.45) is 5.92 Å². The predicted octanol–water partition coefficient (Wildman–Crippen LogP) is 0.252. The summed E-state index contributed by atoms with van der Waals surface area (Å²) in [7, 11) is 0. The lowest BCUT2D eigenvalue weighted by Gasteiger charge is -2.24. The van der Waals surface area contributed by atoms with Gasteiger partial charge >= 0.3 is 11.9 Å². The molecule has 0 aromatic rings. The number of rotatable bonds is 2. The van der Waals surface area contributed by atoms with Crippen LogP contribution in [0.25, 0.3) is 0 Å². The molecule has 0 amide bonds. The van der Waals surface area contributed by atoms with Crippen molar-refractivity contribution >= 4 is 28.6 Å². The van der Waals surface area contributed by atoms with E-state index in [2.05, 4.69) is 0 Å². The van der Waals surface area contributed by atoms with Crippen LogP contribution in [0.5, 0.6) is 0 Å². The number of aliphatic hydroxyl groups excluding tert-OH is 2. The molecule has 1 rings (SSSR count). The van der Waals surface area contributed by atoms with Crippen LogP contribution in [0.4, 0.5) is 8.78 Å². The molecule has 14 heavy (non-hydrogen) atoms. The Bertz CT molecular complexity index is 248. The monoisotopic (exact) mass is 322 g/mol. The van der Waals surface area contributed by atoms with Crippen LogP contribution in [-0.4, -0.2) is 43.3 Å². The van der Waals surface area contributed by atoms with Crippen LogP contribution in [0.1, 0.15) is 6.42 Å². The second-order valence-electron chi connectivity index (χ2n) is 3.26. The lowest BCUT2D eigenvalue weighted by Crippen LogP contribution is -2.46. The van der Waals surface area contributed by atoms with Gasteiger partial charge in [0.25, 0.3) is 0 Å². The molecule has 4 atom stereocenters. The van der Waals surface area contributed by atoms with Crippen molar-refractivity contribution in [2.75, 3.05) is 0 Å². The van der Waals surface area contributed by atoms with E-state index in [-0.39, 0.29) is 6.42 Å². The summed E-state index contributed by atoms with van der Waals surface area (Å²) >= 11 is 1.72. The Labute approximate surface area is 92.1 Å². The molecule has 0 radical (unpaired) electrons. The Kier molecular flexibility index (Phi) is 3.32. The van der Waals surface area contributed by atoms with E-state index in [1.165, 1.54) is 0 Å². The van der Waals surface area contributed by atoms with Gasteiger partial charge in [0.2, 0.25) is 0 Å². The Hall–Kier alpha value is -0.0200. The van der Waals surface area contributed by atoms with Crippen molar-refractivity contribution < 1.29 is 28.9 Å². The number of hydrogen-bond donors (Lipinski definition) is 3. The summed E-state index contributed by atoms with van der Waals surface area (Å²) in [5.74, 6) is -8.31. The van der Waals surface area contributed by atoms with E-state index in [9.17, 15) is 23.8 Å². The van der Waals surface area contributed by atoms with Gasteiger partial charge in [0.1, 0.15) is 0 Å². The molecule has 0 saturated heterocycles. The molecule has 4 nitrogen and oxygen atoms in total. The molecule has 0 spiro atoms. The summed E-state index contributed by atoms with van der Waals surface area (Å²) in [6.45, 7) is 0. The number of alkyl halides is 3. The van der Waals surface area contributed by atoms with Crippen LogP contribution in [0, 0.1) is 5.92 Å². The molecular weight excluding hydrogens is 313 g/mol. The molecule has 0 heterocycles. The largest absolute Gasteiger partial charge is 0.477 e. The molecule has 1 fully saturated rings. The van der Waals surface area contributed by atoms with E-state index >= 15 is 0 Å². The Morgan fingerprint density at radius 3 is 2.21 bits per heavy atom. The molecular formula is C7H9F2IO4. The summed E-state index contributed by atoms with van der Waals surface area (Å²) in [5.41, 5.74) is 0. The number of carboxylic acid groups (broad SMARTS) is 1. The topological polar surface area (TPSA) is 77.8 Å². The maximum atomic E-state index is 13.0. The summed E-state index contributed by atoms with van der Waals surface area (Å²) < 4.78 is 25.5. The molecule has 1 saturated carbocycles. The van der Waals surface area contributed by atoms with Gasteiger partial charge in [0.15, 0.2) is 0 Å². The first-order valence-corrected chi connectivity index (χ1v) is 5.14. The summed E-state index contributed by atoms with van der Waals surface area (Å²) in [6.07, 6.45) is -2.98. The van der Waals surface area contributed by atoms with Crippen LogP contribution in [0.3, 0.4) is 0 Å². The third-order valence-electron chi connectivity index (χ3n) is 2.32. The zero-order valence-corrected chi connectivity index (χ0v) is 9.06. The van der Waals surface area contributed by atoms with Crippen molar-refractivity contribution in [3.8, 4) is 0 Å². The minimum absolute atomic E-state index is 0.0186. The van der Waals surface area contributed by atoms with Gasteiger partial charge in [-0.05, 0) is 6.42 Å². The first-order chi connectivity index (χ1) is 6.28. The highest BCUT2D eigenvalue weighted by Crippen LogP contribution is 2.41. The fourth-order valence-electron chi connectivity index (χ4n) is 1.57. The lowest BCUT2D eigenvalue weighted by atomic mass is 9.95. The fraction of sp³-hybridized carbons (Fsp3) is 0.857. The second-order valence-corrected chi connectivity index (χ2v) is 4.86. The van der Waals surface area contributed by atoms with Gasteiger partial charge in [-0.15, -0.1) is 0 Å². The first kappa shape index (κ1) is 12.1. The zero-order chi connectivity index (χ0) is 11.1. The van der Waals surface area contributed by atoms with E-state index in [1.807, 2.05) is 0 Å². The molecule has 0 aromatic heterocycles. The average Bonchev–Trinajstić information content (AvgIpc) is 2.26. The van der Waals surface area contributed by atoms with Crippen LogP contribution in [0.2, 0.25) is 0 Å². The third-order valence-corrected chi connectivity index (χ3v) is 3.57. The van der Waals surface area contributed by atoms with Crippen LogP contribution in [-0.2, 0) is 4.79 Å². The van der Waals surface area contributed by atoms with Crippen molar-refractivity contribution in [3.05, 3.63) is 0 Å². The molecule has 0 aromatic carbocycles. The van der Waals surface area contributed by atoms with Gasteiger partial charge in [-0.3, -0.25) is 0 Å². The number of hydrogen-bond acceptors (Lipinski definition) is 3. The molecule has 3 N–H and O–H groups in total. The van der Waals surface area contributed by atoms with Crippen LogP contribution in [0.15, 0.2) is 0 Å². The van der Waals surface area contributed by atoms with Gasteiger partial charge in [-0.2, -0.15) is 8.78 Å². The predicted molar refractivity (Wildman–Crippen MR) is 50.5 cm³/mol. The summed E-state index contributed by atoms with van der Waals surface area (Å²) in [4.78, 5) is 10.2. The van der Waals surface area contributed by atoms with E-state index in [4.69, 9.17) is 5.11 Å². The van der Waals surface area contributed by atoms with Crippen molar-refractivity contribution in [1.82, 2.24) is 0 Å². The van der Waals surface area contributed by atoms with Crippen molar-refractivity contribution in [1.29, 1.82) is 0 Å². The molecule has 4 unspecified atom stereocenters. The molecule has 1 aliphatic rings. The molecule has 7 heteroatoms. The van der Waals surface area contributed by atoms with Gasteiger partial charge in [0.05, 0.1) is 18.1 Å². The number of carboxylic acids is 1. The highest BCUT2D eigenvalue weighted by atomic mass is 127. The standard InChI is InChI=1S/C7H9F2IO4/c8-7(9,6(13)14)4-3(11)1-2(10)5(4)12/h2-5,11-12H,1H2,(H,13,14). The molecule has 1 aliphatic carbocycles. The number of aliphatic hydroxyl groups is 2. The Balaban J connectivity index is 2.92. The highest BCUT2D eigenvalue weighted by molar-refractivity contribution is 14.1. The SMILES string of the molecule is O=C(O)C(F)(F)C1C(O)CC(I)C1O. The highest BCUT2D eigenvalue weighted by Gasteiger charge is 2.58. The summed E-state index contributed by atoms with van der Waals surface area (Å²) in [5, 5.41) is 26.8. The first-order valence-electron chi connectivity index (χ1n) is 3.90.